The molecule has 0 bridgehead atoms. The Labute approximate surface area is 68.7 Å². The Hall–Kier alpha value is -0.280. The van der Waals surface area contributed by atoms with Crippen molar-refractivity contribution < 1.29 is 9.59 Å². The largest absolute Gasteiger partial charge is 0.296 e. The summed E-state index contributed by atoms with van der Waals surface area (Å²) in [5.41, 5.74) is 0. The van der Waals surface area contributed by atoms with Crippen LogP contribution in [0.3, 0.4) is 0 Å². The molecule has 10 heavy (non-hydrogen) atoms. The maximum atomic E-state index is 10.1. The molecule has 5 heteroatoms. The molecule has 2 amide bonds. The molecule has 1 rings (SSSR count). The number of alkyl halides is 2. The van der Waals surface area contributed by atoms with Gasteiger partial charge in [-0.05, 0) is 0 Å². The third-order valence-corrected chi connectivity index (χ3v) is 0.858. The Bertz CT molecular complexity index is 124. The summed E-state index contributed by atoms with van der Waals surface area (Å²) in [5, 5.41) is 2.33. The fourth-order valence-corrected chi connectivity index (χ4v) is 0.508. The molecule has 0 saturated carbocycles. The third kappa shape index (κ3) is 4.58. The first-order valence-corrected chi connectivity index (χ1v) is 3.72. The number of nitrogens with one attached hydrogen (secondary N) is 1. The number of imide groups is 1. The molecule has 0 atom stereocenters. The molecule has 1 heterocycles. The first-order chi connectivity index (χ1) is 4.70. The van der Waals surface area contributed by atoms with Gasteiger partial charge in [-0.1, -0.05) is 0 Å². The number of amides is 2. The van der Waals surface area contributed by atoms with E-state index in [1.165, 1.54) is 0 Å². The van der Waals surface area contributed by atoms with Crippen molar-refractivity contribution >= 4 is 35.0 Å². The van der Waals surface area contributed by atoms with Crippen molar-refractivity contribution in [1.29, 1.82) is 0 Å². The number of carbonyl (C=O) groups is 2. The van der Waals surface area contributed by atoms with E-state index >= 15 is 0 Å². The van der Waals surface area contributed by atoms with E-state index in [4.69, 9.17) is 23.2 Å². The van der Waals surface area contributed by atoms with Crippen molar-refractivity contribution in [3.8, 4) is 0 Å². The van der Waals surface area contributed by atoms with Crippen molar-refractivity contribution in [3.63, 3.8) is 0 Å². The van der Waals surface area contributed by atoms with E-state index in [1.54, 1.807) is 0 Å². The van der Waals surface area contributed by atoms with E-state index < -0.39 is 0 Å². The molecule has 0 aromatic carbocycles. The molecule has 1 N–H and O–H groups in total. The van der Waals surface area contributed by atoms with Gasteiger partial charge in [0.1, 0.15) is 0 Å². The molecule has 58 valence electrons. The smallest absolute Gasteiger partial charge is 0.227 e. The van der Waals surface area contributed by atoms with Gasteiger partial charge in [0.2, 0.25) is 11.8 Å². The summed E-state index contributed by atoms with van der Waals surface area (Å²) in [7, 11) is 0. The Morgan fingerprint density at radius 3 is 1.60 bits per heavy atom. The highest BCUT2D eigenvalue weighted by Gasteiger charge is 2.15. The van der Waals surface area contributed by atoms with Gasteiger partial charge in [-0.2, -0.15) is 0 Å². The van der Waals surface area contributed by atoms with Crippen LogP contribution in [0.5, 0.6) is 0 Å². The zero-order valence-electron chi connectivity index (χ0n) is 5.19. The molecule has 0 aliphatic carbocycles. The number of rotatable bonds is 0. The Morgan fingerprint density at radius 1 is 1.20 bits per heavy atom. The van der Waals surface area contributed by atoms with Crippen LogP contribution in [-0.2, 0) is 9.59 Å². The van der Waals surface area contributed by atoms with Crippen molar-refractivity contribution in [1.82, 2.24) is 5.32 Å². The van der Waals surface area contributed by atoms with Gasteiger partial charge in [0.15, 0.2) is 0 Å². The predicted octanol–water partition coefficient (Wildman–Crippen LogP) is 0.844. The van der Waals surface area contributed by atoms with Crippen LogP contribution >= 0.6 is 23.2 Å². The zero-order chi connectivity index (χ0) is 7.98. The predicted molar refractivity (Wildman–Crippen MR) is 39.0 cm³/mol. The molecule has 3 nitrogen and oxygen atoms in total. The van der Waals surface area contributed by atoms with Crippen LogP contribution in [-0.4, -0.2) is 17.2 Å². The average molecular weight is 184 g/mol. The van der Waals surface area contributed by atoms with E-state index in [0.717, 1.165) is 0 Å². The van der Waals surface area contributed by atoms with Gasteiger partial charge in [-0.15, -0.1) is 23.2 Å². The number of hydrogen-bond donors (Lipinski definition) is 1. The lowest BCUT2D eigenvalue weighted by Crippen LogP contribution is -2.18. The lowest BCUT2D eigenvalue weighted by atomic mass is 10.4. The first kappa shape index (κ1) is 9.72. The molecule has 0 aromatic heterocycles. The molecule has 1 aliphatic heterocycles. The van der Waals surface area contributed by atoms with Crippen LogP contribution in [0.15, 0.2) is 0 Å². The summed E-state index contributed by atoms with van der Waals surface area (Å²) in [5.74, 6) is -0.296. The minimum absolute atomic E-state index is 0.148. The molecule has 1 saturated heterocycles. The van der Waals surface area contributed by atoms with Crippen LogP contribution in [0, 0.1) is 0 Å². The topological polar surface area (TPSA) is 46.2 Å². The summed E-state index contributed by atoms with van der Waals surface area (Å²) in [6.45, 7) is 0. The number of carbonyl (C=O) groups excluding carboxylic acids is 2. The molecule has 0 unspecified atom stereocenters. The molecule has 1 fully saturated rings. The van der Waals surface area contributed by atoms with Crippen LogP contribution < -0.4 is 5.32 Å². The lowest BCUT2D eigenvalue weighted by Gasteiger charge is -1.79. The van der Waals surface area contributed by atoms with Gasteiger partial charge in [-0.25, -0.2) is 0 Å². The summed E-state index contributed by atoms with van der Waals surface area (Å²) >= 11 is 9.53. The van der Waals surface area contributed by atoms with Crippen LogP contribution in [0.25, 0.3) is 0 Å². The molecular weight excluding hydrogens is 177 g/mol. The van der Waals surface area contributed by atoms with E-state index in [-0.39, 0.29) is 17.2 Å². The maximum absolute atomic E-state index is 10.1. The van der Waals surface area contributed by atoms with Gasteiger partial charge in [0, 0.05) is 12.8 Å². The summed E-state index contributed by atoms with van der Waals surface area (Å²) in [6.07, 6.45) is 0.748. The van der Waals surface area contributed by atoms with Crippen molar-refractivity contribution in [2.24, 2.45) is 0 Å². The summed E-state index contributed by atoms with van der Waals surface area (Å²) < 4.78 is 0. The molecule has 0 aromatic rings. The quantitative estimate of drug-likeness (QED) is 0.448. The Morgan fingerprint density at radius 2 is 1.50 bits per heavy atom. The number of halogens is 2. The summed E-state index contributed by atoms with van der Waals surface area (Å²) in [6, 6.07) is 0. The second kappa shape index (κ2) is 5.50. The minimum atomic E-state index is -0.148. The van der Waals surface area contributed by atoms with Crippen molar-refractivity contribution in [2.45, 2.75) is 12.8 Å². The first-order valence-electron chi connectivity index (χ1n) is 2.65. The molecule has 0 radical (unpaired) electrons. The van der Waals surface area contributed by atoms with Gasteiger partial charge in [0.25, 0.3) is 0 Å². The van der Waals surface area contributed by atoms with Crippen LogP contribution in [0.2, 0.25) is 0 Å². The Kier molecular flexibility index (Phi) is 5.35. The normalized spacial score (nSPS) is 15.8. The molecule has 1 aliphatic rings. The fourth-order valence-electron chi connectivity index (χ4n) is 0.508. The number of hydrogen-bond acceptors (Lipinski definition) is 2. The third-order valence-electron chi connectivity index (χ3n) is 0.858. The fraction of sp³-hybridized carbons (Fsp3) is 0.600. The van der Waals surface area contributed by atoms with E-state index in [0.29, 0.717) is 12.8 Å². The minimum Gasteiger partial charge on any atom is -0.296 e. The second-order valence-corrected chi connectivity index (χ2v) is 2.38. The van der Waals surface area contributed by atoms with Gasteiger partial charge in [0.05, 0.1) is 5.34 Å². The van der Waals surface area contributed by atoms with E-state index in [1.807, 2.05) is 0 Å². The van der Waals surface area contributed by atoms with Crippen molar-refractivity contribution in [3.05, 3.63) is 0 Å². The van der Waals surface area contributed by atoms with Gasteiger partial charge in [-0.3, -0.25) is 14.9 Å². The van der Waals surface area contributed by atoms with E-state index in [2.05, 4.69) is 5.32 Å². The monoisotopic (exact) mass is 183 g/mol. The average Bonchev–Trinajstić information content (AvgIpc) is 2.17. The zero-order valence-corrected chi connectivity index (χ0v) is 6.71. The lowest BCUT2D eigenvalue weighted by molar-refractivity contribution is -0.124. The SMILES string of the molecule is ClCCl.O=C1CCC(=O)N1. The molecule has 0 spiro atoms. The highest BCUT2D eigenvalue weighted by Crippen LogP contribution is 1.95. The van der Waals surface area contributed by atoms with Crippen LogP contribution in [0.4, 0.5) is 0 Å². The van der Waals surface area contributed by atoms with Crippen molar-refractivity contribution in [2.75, 3.05) is 5.34 Å². The summed E-state index contributed by atoms with van der Waals surface area (Å²) in [4.78, 5) is 20.2. The highest BCUT2D eigenvalue weighted by atomic mass is 35.5. The Balaban J connectivity index is 0.000000236. The second-order valence-electron chi connectivity index (χ2n) is 1.57. The maximum Gasteiger partial charge on any atom is 0.227 e. The standard InChI is InChI=1S/C4H5NO2.CH2Cl2/c6-3-1-2-4(7)5-3;2-1-3/h1-2H2,(H,5,6,7);1H2. The molecular formula is C5H7Cl2NO2. The van der Waals surface area contributed by atoms with E-state index in [9.17, 15) is 9.59 Å². The van der Waals surface area contributed by atoms with Crippen LogP contribution in [0.1, 0.15) is 12.8 Å². The van der Waals surface area contributed by atoms with Gasteiger partial charge >= 0.3 is 0 Å². The van der Waals surface area contributed by atoms with Gasteiger partial charge < -0.3 is 0 Å². The highest BCUT2D eigenvalue weighted by molar-refractivity contribution is 6.40.